The van der Waals surface area contributed by atoms with E-state index >= 15 is 0 Å². The van der Waals surface area contributed by atoms with Crippen LogP contribution < -0.4 is 11.2 Å². The van der Waals surface area contributed by atoms with Gasteiger partial charge in [0.25, 0.3) is 5.56 Å². The number of hydrogen-bond acceptors (Lipinski definition) is 3. The molecule has 6 heteroatoms. The molecule has 84 valence electrons. The second-order valence-corrected chi connectivity index (χ2v) is 4.17. The summed E-state index contributed by atoms with van der Waals surface area (Å²) in [5.74, 6) is 0. The van der Waals surface area contributed by atoms with Crippen LogP contribution in [0.15, 0.2) is 15.9 Å². The van der Waals surface area contributed by atoms with E-state index < -0.39 is 5.56 Å². The second-order valence-electron chi connectivity index (χ2n) is 4.17. The third-order valence-corrected chi connectivity index (χ3v) is 3.20. The molecule has 1 fully saturated rings. The Morgan fingerprint density at radius 3 is 2.81 bits per heavy atom. The van der Waals surface area contributed by atoms with E-state index in [1.165, 1.54) is 6.33 Å². The zero-order valence-electron chi connectivity index (χ0n) is 8.69. The average molecular weight is 220 g/mol. The van der Waals surface area contributed by atoms with Gasteiger partial charge in [-0.2, -0.15) is 0 Å². The summed E-state index contributed by atoms with van der Waals surface area (Å²) in [7, 11) is 0. The fraction of sp³-hybridized carbons (Fsp3) is 0.500. The third kappa shape index (κ3) is 1.22. The molecule has 0 aromatic carbocycles. The number of aromatic amines is 2. The molecule has 2 aromatic rings. The number of hydrogen-bond donors (Lipinski definition) is 2. The summed E-state index contributed by atoms with van der Waals surface area (Å²) in [6.45, 7) is 0. The lowest BCUT2D eigenvalue weighted by Gasteiger charge is -2.12. The van der Waals surface area contributed by atoms with Gasteiger partial charge in [-0.3, -0.25) is 14.3 Å². The van der Waals surface area contributed by atoms with E-state index in [1.807, 2.05) is 0 Å². The van der Waals surface area contributed by atoms with Gasteiger partial charge in [0.05, 0.1) is 6.33 Å². The van der Waals surface area contributed by atoms with Gasteiger partial charge in [0.15, 0.2) is 5.65 Å². The monoisotopic (exact) mass is 220 g/mol. The minimum atomic E-state index is -0.397. The highest BCUT2D eigenvalue weighted by Crippen LogP contribution is 2.29. The van der Waals surface area contributed by atoms with Crippen LogP contribution in [0, 0.1) is 0 Å². The molecule has 2 N–H and O–H groups in total. The number of imidazole rings is 1. The van der Waals surface area contributed by atoms with Crippen LogP contribution in [-0.2, 0) is 0 Å². The summed E-state index contributed by atoms with van der Waals surface area (Å²) in [6.07, 6.45) is 5.66. The Kier molecular flexibility index (Phi) is 1.95. The van der Waals surface area contributed by atoms with E-state index in [0.717, 1.165) is 25.7 Å². The number of rotatable bonds is 1. The molecule has 2 heterocycles. The lowest BCUT2D eigenvalue weighted by atomic mass is 10.2. The maximum Gasteiger partial charge on any atom is 0.330 e. The predicted molar refractivity (Wildman–Crippen MR) is 58.5 cm³/mol. The van der Waals surface area contributed by atoms with Crippen LogP contribution in [0.2, 0.25) is 0 Å². The van der Waals surface area contributed by atoms with Gasteiger partial charge < -0.3 is 4.98 Å². The lowest BCUT2D eigenvalue weighted by molar-refractivity contribution is 0.506. The number of H-pyrrole nitrogens is 2. The highest BCUT2D eigenvalue weighted by Gasteiger charge is 2.21. The lowest BCUT2D eigenvalue weighted by Crippen LogP contribution is -2.32. The van der Waals surface area contributed by atoms with Crippen LogP contribution in [0.25, 0.3) is 11.2 Å². The summed E-state index contributed by atoms with van der Waals surface area (Å²) in [4.78, 5) is 32.4. The molecule has 1 aliphatic rings. The van der Waals surface area contributed by atoms with Crippen molar-refractivity contribution in [2.75, 3.05) is 0 Å². The molecule has 0 aliphatic heterocycles. The Labute approximate surface area is 90.3 Å². The highest BCUT2D eigenvalue weighted by atomic mass is 16.2. The largest absolute Gasteiger partial charge is 0.339 e. The zero-order chi connectivity index (χ0) is 11.1. The summed E-state index contributed by atoms with van der Waals surface area (Å²) in [5.41, 5.74) is 0.107. The first-order valence-electron chi connectivity index (χ1n) is 5.45. The summed E-state index contributed by atoms with van der Waals surface area (Å²) in [5, 5.41) is 0. The smallest absolute Gasteiger partial charge is 0.330 e. The van der Waals surface area contributed by atoms with Gasteiger partial charge in [0, 0.05) is 6.04 Å². The van der Waals surface area contributed by atoms with Gasteiger partial charge in [-0.1, -0.05) is 12.8 Å². The maximum absolute atomic E-state index is 11.8. The Morgan fingerprint density at radius 1 is 1.31 bits per heavy atom. The SMILES string of the molecule is O=c1[nH]c(=O)n(C2CCCC2)c2nc[nH]c12. The van der Waals surface area contributed by atoms with Gasteiger partial charge in [-0.15, -0.1) is 0 Å². The maximum atomic E-state index is 11.8. The van der Waals surface area contributed by atoms with E-state index in [4.69, 9.17) is 0 Å². The van der Waals surface area contributed by atoms with Gasteiger partial charge in [0.1, 0.15) is 5.52 Å². The molecule has 0 radical (unpaired) electrons. The van der Waals surface area contributed by atoms with Crippen LogP contribution in [0.5, 0.6) is 0 Å². The van der Waals surface area contributed by atoms with Gasteiger partial charge >= 0.3 is 5.69 Å². The Hall–Kier alpha value is -1.85. The number of nitrogens with one attached hydrogen (secondary N) is 2. The Bertz CT molecular complexity index is 630. The van der Waals surface area contributed by atoms with E-state index in [1.54, 1.807) is 4.57 Å². The molecule has 2 aromatic heterocycles. The van der Waals surface area contributed by atoms with Crippen LogP contribution in [-0.4, -0.2) is 19.5 Å². The van der Waals surface area contributed by atoms with Crippen molar-refractivity contribution in [2.24, 2.45) is 0 Å². The van der Waals surface area contributed by atoms with Crippen molar-refractivity contribution in [1.82, 2.24) is 19.5 Å². The molecule has 0 unspecified atom stereocenters. The van der Waals surface area contributed by atoms with Crippen molar-refractivity contribution in [3.8, 4) is 0 Å². The normalized spacial score (nSPS) is 17.2. The number of fused-ring (bicyclic) bond motifs is 1. The molecule has 16 heavy (non-hydrogen) atoms. The van der Waals surface area contributed by atoms with Crippen molar-refractivity contribution >= 4 is 11.2 Å². The topological polar surface area (TPSA) is 83.5 Å². The minimum absolute atomic E-state index is 0.176. The van der Waals surface area contributed by atoms with Crippen molar-refractivity contribution < 1.29 is 0 Å². The number of aromatic nitrogens is 4. The van der Waals surface area contributed by atoms with Crippen molar-refractivity contribution in [3.63, 3.8) is 0 Å². The standard InChI is InChI=1S/C10H12N4O2/c15-9-7-8(12-5-11-7)14(10(16)13-9)6-3-1-2-4-6/h5-6H,1-4H2,(H,11,12)(H,13,15,16). The molecule has 6 nitrogen and oxygen atoms in total. The van der Waals surface area contributed by atoms with Gasteiger partial charge in [-0.05, 0) is 12.8 Å². The summed E-state index contributed by atoms with van der Waals surface area (Å²) in [6, 6.07) is 0.176. The Balaban J connectivity index is 2.33. The van der Waals surface area contributed by atoms with Crippen LogP contribution in [0.3, 0.4) is 0 Å². The first-order valence-corrected chi connectivity index (χ1v) is 5.45. The van der Waals surface area contributed by atoms with Crippen molar-refractivity contribution in [2.45, 2.75) is 31.7 Å². The molecule has 0 amide bonds. The minimum Gasteiger partial charge on any atom is -0.339 e. The van der Waals surface area contributed by atoms with Crippen molar-refractivity contribution in [3.05, 3.63) is 27.2 Å². The van der Waals surface area contributed by atoms with E-state index in [0.29, 0.717) is 11.2 Å². The predicted octanol–water partition coefficient (Wildman–Crippen LogP) is 0.528. The summed E-state index contributed by atoms with van der Waals surface area (Å²) < 4.78 is 1.61. The van der Waals surface area contributed by atoms with Crippen LogP contribution in [0.1, 0.15) is 31.7 Å². The number of nitrogens with zero attached hydrogens (tertiary/aromatic N) is 2. The molecule has 0 spiro atoms. The van der Waals surface area contributed by atoms with E-state index in [-0.39, 0.29) is 11.7 Å². The average Bonchev–Trinajstić information content (AvgIpc) is 2.86. The van der Waals surface area contributed by atoms with Crippen LogP contribution >= 0.6 is 0 Å². The summed E-state index contributed by atoms with van der Waals surface area (Å²) >= 11 is 0. The molecule has 1 aliphatic carbocycles. The fourth-order valence-electron chi connectivity index (χ4n) is 2.45. The molecular formula is C10H12N4O2. The van der Waals surface area contributed by atoms with Crippen molar-refractivity contribution in [1.29, 1.82) is 0 Å². The molecular weight excluding hydrogens is 208 g/mol. The third-order valence-electron chi connectivity index (χ3n) is 3.20. The molecule has 0 atom stereocenters. The quantitative estimate of drug-likeness (QED) is 0.735. The Morgan fingerprint density at radius 2 is 2.06 bits per heavy atom. The van der Waals surface area contributed by atoms with E-state index in [9.17, 15) is 9.59 Å². The first kappa shape index (κ1) is 9.38. The van der Waals surface area contributed by atoms with Gasteiger partial charge in [0.2, 0.25) is 0 Å². The molecule has 3 rings (SSSR count). The molecule has 0 bridgehead atoms. The first-order chi connectivity index (χ1) is 7.77. The van der Waals surface area contributed by atoms with Gasteiger partial charge in [-0.25, -0.2) is 9.78 Å². The van der Waals surface area contributed by atoms with E-state index in [2.05, 4.69) is 15.0 Å². The second kappa shape index (κ2) is 3.33. The molecule has 1 saturated carbocycles. The van der Waals surface area contributed by atoms with Crippen LogP contribution in [0.4, 0.5) is 0 Å². The zero-order valence-corrected chi connectivity index (χ0v) is 8.69. The molecule has 0 saturated heterocycles. The fourth-order valence-corrected chi connectivity index (χ4v) is 2.45. The highest BCUT2D eigenvalue weighted by molar-refractivity contribution is 5.68.